The molecule has 16 heavy (non-hydrogen) atoms. The van der Waals surface area contributed by atoms with E-state index in [1.807, 2.05) is 0 Å². The van der Waals surface area contributed by atoms with Crippen molar-refractivity contribution in [3.63, 3.8) is 0 Å². The molecule has 0 heterocycles. The van der Waals surface area contributed by atoms with E-state index in [4.69, 9.17) is 9.47 Å². The van der Waals surface area contributed by atoms with Crippen LogP contribution in [0.5, 0.6) is 11.5 Å². The molecular weight excluding hydrogens is 208 g/mol. The van der Waals surface area contributed by atoms with Crippen LogP contribution in [-0.4, -0.2) is 25.8 Å². The molecule has 0 aliphatic heterocycles. The number of benzene rings is 1. The number of Topliss-reactive ketones (excluding diaryl/α,β-unsaturated/α-hetero) is 1. The average molecular weight is 222 g/mol. The molecule has 4 heteroatoms. The van der Waals surface area contributed by atoms with Gasteiger partial charge in [-0.3, -0.25) is 9.59 Å². The third-order valence-corrected chi connectivity index (χ3v) is 2.04. The fraction of sp³-hybridized carbons (Fsp3) is 0.333. The molecule has 0 saturated carbocycles. The highest BCUT2D eigenvalue weighted by molar-refractivity contribution is 5.78. The maximum atomic E-state index is 10.8. The summed E-state index contributed by atoms with van der Waals surface area (Å²) in [5, 5.41) is 0. The van der Waals surface area contributed by atoms with Crippen molar-refractivity contribution in [2.45, 2.75) is 13.8 Å². The Labute approximate surface area is 94.2 Å². The van der Waals surface area contributed by atoms with Crippen LogP contribution < -0.4 is 9.47 Å². The highest BCUT2D eigenvalue weighted by Crippen LogP contribution is 2.31. The Hall–Kier alpha value is -1.84. The summed E-state index contributed by atoms with van der Waals surface area (Å²) in [6, 6.07) is 3.26. The number of ketones is 1. The molecule has 0 fully saturated rings. The normalized spacial score (nSPS) is 9.69. The molecule has 0 bridgehead atoms. The molecule has 0 amide bonds. The Balaban J connectivity index is 3.06. The van der Waals surface area contributed by atoms with Gasteiger partial charge in [-0.1, -0.05) is 0 Å². The summed E-state index contributed by atoms with van der Waals surface area (Å²) in [6.07, 6.45) is 0.740. The zero-order valence-electron chi connectivity index (χ0n) is 9.57. The first-order chi connectivity index (χ1) is 7.58. The number of aryl methyl sites for hydroxylation is 1. The fourth-order valence-electron chi connectivity index (χ4n) is 1.35. The van der Waals surface area contributed by atoms with Gasteiger partial charge in [-0.15, -0.1) is 0 Å². The standard InChI is InChI=1S/C12H14O4/c1-8-4-10(6-13)5-11(15-3)12(8)16-7-9(2)14/h4-6H,7H2,1-3H3. The molecule has 1 aromatic rings. The summed E-state index contributed by atoms with van der Waals surface area (Å²) in [5.74, 6) is 0.896. The minimum atomic E-state index is -0.0686. The first kappa shape index (κ1) is 12.2. The summed E-state index contributed by atoms with van der Waals surface area (Å²) < 4.78 is 10.4. The molecule has 0 saturated heterocycles. The van der Waals surface area contributed by atoms with Gasteiger partial charge in [0.2, 0.25) is 0 Å². The van der Waals surface area contributed by atoms with E-state index >= 15 is 0 Å². The zero-order chi connectivity index (χ0) is 12.1. The largest absolute Gasteiger partial charge is 0.493 e. The highest BCUT2D eigenvalue weighted by Gasteiger charge is 2.10. The average Bonchev–Trinajstić information content (AvgIpc) is 2.26. The summed E-state index contributed by atoms with van der Waals surface area (Å²) in [5.41, 5.74) is 1.28. The minimum Gasteiger partial charge on any atom is -0.493 e. The quantitative estimate of drug-likeness (QED) is 0.712. The Morgan fingerprint density at radius 1 is 1.44 bits per heavy atom. The van der Waals surface area contributed by atoms with Crippen LogP contribution >= 0.6 is 0 Å². The maximum absolute atomic E-state index is 10.8. The lowest BCUT2D eigenvalue weighted by Gasteiger charge is -2.12. The first-order valence-corrected chi connectivity index (χ1v) is 4.84. The van der Waals surface area contributed by atoms with E-state index in [1.54, 1.807) is 19.1 Å². The van der Waals surface area contributed by atoms with Crippen molar-refractivity contribution >= 4 is 12.1 Å². The number of methoxy groups -OCH3 is 1. The monoisotopic (exact) mass is 222 g/mol. The molecule has 1 aromatic carbocycles. The molecule has 1 rings (SSSR count). The molecule has 0 aromatic heterocycles. The van der Waals surface area contributed by atoms with Crippen LogP contribution in [0.25, 0.3) is 0 Å². The molecule has 86 valence electrons. The first-order valence-electron chi connectivity index (χ1n) is 4.84. The van der Waals surface area contributed by atoms with Crippen LogP contribution in [0.1, 0.15) is 22.8 Å². The molecule has 0 spiro atoms. The van der Waals surface area contributed by atoms with Gasteiger partial charge in [0.15, 0.2) is 17.3 Å². The van der Waals surface area contributed by atoms with Gasteiger partial charge in [0.25, 0.3) is 0 Å². The number of hydrogen-bond donors (Lipinski definition) is 0. The Morgan fingerprint density at radius 2 is 2.12 bits per heavy atom. The van der Waals surface area contributed by atoms with Crippen LogP contribution in [0.3, 0.4) is 0 Å². The SMILES string of the molecule is COc1cc(C=O)cc(C)c1OCC(C)=O. The van der Waals surface area contributed by atoms with Crippen LogP contribution in [0.15, 0.2) is 12.1 Å². The van der Waals surface area contributed by atoms with Crippen LogP contribution in [0, 0.1) is 6.92 Å². The van der Waals surface area contributed by atoms with Gasteiger partial charge in [0, 0.05) is 5.56 Å². The lowest BCUT2D eigenvalue weighted by atomic mass is 10.1. The summed E-state index contributed by atoms with van der Waals surface area (Å²) >= 11 is 0. The van der Waals surface area contributed by atoms with E-state index in [0.29, 0.717) is 17.1 Å². The summed E-state index contributed by atoms with van der Waals surface area (Å²) in [4.78, 5) is 21.5. The van der Waals surface area contributed by atoms with Crippen molar-refractivity contribution < 1.29 is 19.1 Å². The van der Waals surface area contributed by atoms with Gasteiger partial charge < -0.3 is 9.47 Å². The predicted octanol–water partition coefficient (Wildman–Crippen LogP) is 1.78. The van der Waals surface area contributed by atoms with Crippen LogP contribution in [-0.2, 0) is 4.79 Å². The summed E-state index contributed by atoms with van der Waals surface area (Å²) in [6.45, 7) is 3.24. The Kier molecular flexibility index (Phi) is 4.05. The second-order valence-corrected chi connectivity index (χ2v) is 3.48. The molecular formula is C12H14O4. The van der Waals surface area contributed by atoms with Gasteiger partial charge in [0.1, 0.15) is 12.9 Å². The second kappa shape index (κ2) is 5.30. The number of carbonyl (C=O) groups excluding carboxylic acids is 2. The Morgan fingerprint density at radius 3 is 2.62 bits per heavy atom. The van der Waals surface area contributed by atoms with Crippen molar-refractivity contribution in [3.8, 4) is 11.5 Å². The lowest BCUT2D eigenvalue weighted by molar-refractivity contribution is -0.118. The number of carbonyl (C=O) groups is 2. The van der Waals surface area contributed by atoms with Gasteiger partial charge in [-0.25, -0.2) is 0 Å². The minimum absolute atomic E-state index is 0.00235. The maximum Gasteiger partial charge on any atom is 0.167 e. The van der Waals surface area contributed by atoms with Crippen molar-refractivity contribution in [1.29, 1.82) is 0 Å². The predicted molar refractivity (Wildman–Crippen MR) is 59.3 cm³/mol. The third kappa shape index (κ3) is 2.82. The summed E-state index contributed by atoms with van der Waals surface area (Å²) in [7, 11) is 1.49. The van der Waals surface area contributed by atoms with E-state index in [-0.39, 0.29) is 12.4 Å². The lowest BCUT2D eigenvalue weighted by Crippen LogP contribution is -2.08. The number of ether oxygens (including phenoxy) is 2. The Bertz CT molecular complexity index is 410. The van der Waals surface area contributed by atoms with E-state index in [2.05, 4.69) is 0 Å². The van der Waals surface area contributed by atoms with Crippen molar-refractivity contribution in [2.75, 3.05) is 13.7 Å². The van der Waals surface area contributed by atoms with E-state index in [9.17, 15) is 9.59 Å². The van der Waals surface area contributed by atoms with Crippen LogP contribution in [0.4, 0.5) is 0 Å². The van der Waals surface area contributed by atoms with Crippen molar-refractivity contribution in [3.05, 3.63) is 23.3 Å². The van der Waals surface area contributed by atoms with E-state index in [1.165, 1.54) is 14.0 Å². The smallest absolute Gasteiger partial charge is 0.167 e. The zero-order valence-corrected chi connectivity index (χ0v) is 9.57. The fourth-order valence-corrected chi connectivity index (χ4v) is 1.35. The number of hydrogen-bond acceptors (Lipinski definition) is 4. The molecule has 0 unspecified atom stereocenters. The highest BCUT2D eigenvalue weighted by atomic mass is 16.5. The molecule has 0 aliphatic rings. The topological polar surface area (TPSA) is 52.6 Å². The molecule has 0 atom stereocenters. The third-order valence-electron chi connectivity index (χ3n) is 2.04. The molecule has 0 radical (unpaired) electrons. The van der Waals surface area contributed by atoms with Gasteiger partial charge in [0.05, 0.1) is 7.11 Å². The number of aldehydes is 1. The molecule has 0 aliphatic carbocycles. The van der Waals surface area contributed by atoms with Crippen molar-refractivity contribution in [1.82, 2.24) is 0 Å². The van der Waals surface area contributed by atoms with Gasteiger partial charge in [-0.05, 0) is 31.5 Å². The molecule has 0 N–H and O–H groups in total. The van der Waals surface area contributed by atoms with Crippen LogP contribution in [0.2, 0.25) is 0 Å². The van der Waals surface area contributed by atoms with Gasteiger partial charge >= 0.3 is 0 Å². The number of rotatable bonds is 5. The molecule has 4 nitrogen and oxygen atoms in total. The van der Waals surface area contributed by atoms with Crippen molar-refractivity contribution in [2.24, 2.45) is 0 Å². The van der Waals surface area contributed by atoms with Gasteiger partial charge in [-0.2, -0.15) is 0 Å². The van der Waals surface area contributed by atoms with E-state index in [0.717, 1.165) is 11.8 Å². The second-order valence-electron chi connectivity index (χ2n) is 3.48. The van der Waals surface area contributed by atoms with E-state index < -0.39 is 0 Å².